The highest BCUT2D eigenvalue weighted by Crippen LogP contribution is 2.42. The summed E-state index contributed by atoms with van der Waals surface area (Å²) >= 11 is 0. The minimum absolute atomic E-state index is 0.00255. The van der Waals surface area contributed by atoms with Crippen LogP contribution in [0.2, 0.25) is 0 Å². The summed E-state index contributed by atoms with van der Waals surface area (Å²) in [6.07, 6.45) is 9.09. The van der Waals surface area contributed by atoms with Crippen molar-refractivity contribution in [3.63, 3.8) is 0 Å². The summed E-state index contributed by atoms with van der Waals surface area (Å²) in [7, 11) is 1.54. The molecule has 1 aliphatic carbocycles. The van der Waals surface area contributed by atoms with Crippen LogP contribution in [0, 0.1) is 0 Å². The molecule has 1 fully saturated rings. The van der Waals surface area contributed by atoms with Crippen molar-refractivity contribution >= 4 is 23.7 Å². The molecule has 2 aliphatic heterocycles. The largest absolute Gasteiger partial charge is 0.497 e. The summed E-state index contributed by atoms with van der Waals surface area (Å²) < 4.78 is 5.24. The summed E-state index contributed by atoms with van der Waals surface area (Å²) in [6, 6.07) is 5.33. The molecule has 2 unspecified atom stereocenters. The smallest absolute Gasteiger partial charge is 0.254 e. The van der Waals surface area contributed by atoms with Gasteiger partial charge >= 0.3 is 0 Å². The van der Waals surface area contributed by atoms with Crippen LogP contribution in [0.4, 0.5) is 0 Å². The molecular formula is C25H22N4O4. The van der Waals surface area contributed by atoms with Gasteiger partial charge in [0.1, 0.15) is 17.0 Å². The van der Waals surface area contributed by atoms with Crippen molar-refractivity contribution in [3.8, 4) is 5.75 Å². The molecule has 1 amide bonds. The minimum atomic E-state index is -1.36. The number of carbonyl (C=O) groups is 3. The number of ether oxygens (including phenoxy) is 1. The lowest BCUT2D eigenvalue weighted by atomic mass is 9.76. The van der Waals surface area contributed by atoms with E-state index in [-0.39, 0.29) is 41.9 Å². The molecule has 0 saturated heterocycles. The third-order valence-electron chi connectivity index (χ3n) is 6.62. The van der Waals surface area contributed by atoms with Gasteiger partial charge in [-0.3, -0.25) is 19.4 Å². The van der Waals surface area contributed by atoms with E-state index in [1.165, 1.54) is 0 Å². The quantitative estimate of drug-likeness (QED) is 0.521. The van der Waals surface area contributed by atoms with Crippen LogP contribution in [-0.2, 0) is 21.5 Å². The fourth-order valence-corrected chi connectivity index (χ4v) is 4.71. The summed E-state index contributed by atoms with van der Waals surface area (Å²) in [6.45, 7) is 4.29. The van der Waals surface area contributed by atoms with Crippen LogP contribution in [0.3, 0.4) is 0 Å². The molecule has 1 aromatic carbocycles. The van der Waals surface area contributed by atoms with Crippen LogP contribution in [0.25, 0.3) is 0 Å². The first-order chi connectivity index (χ1) is 15.9. The molecule has 1 saturated carbocycles. The van der Waals surface area contributed by atoms with Crippen molar-refractivity contribution in [2.75, 3.05) is 13.7 Å². The van der Waals surface area contributed by atoms with Crippen LogP contribution in [0.5, 0.6) is 5.75 Å². The number of Topliss-reactive ketones (excluding diaryl/α,β-unsaturated/α-hetero) is 2. The number of carbonyl (C=O) groups excluding carboxylic acids is 3. The van der Waals surface area contributed by atoms with E-state index in [1.807, 2.05) is 12.1 Å². The van der Waals surface area contributed by atoms with E-state index >= 15 is 0 Å². The average Bonchev–Trinajstić information content (AvgIpc) is 3.27. The Morgan fingerprint density at radius 1 is 1.21 bits per heavy atom. The zero-order chi connectivity index (χ0) is 23.2. The van der Waals surface area contributed by atoms with E-state index in [9.17, 15) is 14.4 Å². The number of rotatable bonds is 5. The number of aliphatic imine (C=N–C) groups is 1. The third kappa shape index (κ3) is 3.29. The fraction of sp³-hybridized carbons (Fsp3) is 0.280. The predicted octanol–water partition coefficient (Wildman–Crippen LogP) is 2.55. The molecule has 2 atom stereocenters. The van der Waals surface area contributed by atoms with E-state index in [2.05, 4.69) is 21.5 Å². The van der Waals surface area contributed by atoms with Crippen molar-refractivity contribution in [2.45, 2.75) is 30.7 Å². The molecule has 0 radical (unpaired) electrons. The van der Waals surface area contributed by atoms with Gasteiger partial charge in [-0.05, 0) is 24.1 Å². The van der Waals surface area contributed by atoms with Gasteiger partial charge in [0.15, 0.2) is 11.6 Å². The monoisotopic (exact) mass is 442 g/mol. The molecule has 166 valence electrons. The lowest BCUT2D eigenvalue weighted by Crippen LogP contribution is -2.45. The molecule has 3 heterocycles. The van der Waals surface area contributed by atoms with Gasteiger partial charge in [0.05, 0.1) is 19.4 Å². The Balaban J connectivity index is 1.50. The number of amides is 1. The molecule has 8 heteroatoms. The van der Waals surface area contributed by atoms with Gasteiger partial charge in [0.25, 0.3) is 5.91 Å². The number of ketones is 2. The minimum Gasteiger partial charge on any atom is -0.497 e. The third-order valence-corrected chi connectivity index (χ3v) is 6.62. The number of allylic oxidation sites excluding steroid dienone is 1. The zero-order valence-corrected chi connectivity index (χ0v) is 18.2. The van der Waals surface area contributed by atoms with Crippen molar-refractivity contribution in [1.82, 2.24) is 14.9 Å². The zero-order valence-electron chi connectivity index (χ0n) is 18.2. The molecule has 0 bridgehead atoms. The predicted molar refractivity (Wildman–Crippen MR) is 120 cm³/mol. The Hall–Kier alpha value is -3.94. The lowest BCUT2D eigenvalue weighted by molar-refractivity contribution is -0.123. The van der Waals surface area contributed by atoms with Crippen molar-refractivity contribution in [2.24, 2.45) is 4.99 Å². The Morgan fingerprint density at radius 2 is 2.00 bits per heavy atom. The Bertz CT molecular complexity index is 1250. The van der Waals surface area contributed by atoms with Crippen LogP contribution < -0.4 is 4.74 Å². The first kappa shape index (κ1) is 20.9. The summed E-state index contributed by atoms with van der Waals surface area (Å²) in [5, 5.41) is 0. The Labute approximate surface area is 190 Å². The Kier molecular flexibility index (Phi) is 5.00. The highest BCUT2D eigenvalue weighted by Gasteiger charge is 2.53. The number of benzene rings is 1. The number of hydrogen-bond acceptors (Lipinski definition) is 7. The second-order valence-electron chi connectivity index (χ2n) is 8.45. The highest BCUT2D eigenvalue weighted by atomic mass is 16.5. The topological polar surface area (TPSA) is 102 Å². The second-order valence-corrected chi connectivity index (χ2v) is 8.45. The van der Waals surface area contributed by atoms with Gasteiger partial charge in [0.2, 0.25) is 0 Å². The molecule has 0 spiro atoms. The summed E-state index contributed by atoms with van der Waals surface area (Å²) in [5.74, 6) is 0.290. The molecule has 1 aromatic heterocycles. The van der Waals surface area contributed by atoms with E-state index in [1.54, 1.807) is 49.0 Å². The van der Waals surface area contributed by atoms with Crippen LogP contribution in [0.1, 0.15) is 46.1 Å². The van der Waals surface area contributed by atoms with E-state index in [0.717, 1.165) is 12.0 Å². The standard InChI is InChI=1S/C25H22N4O4/c1-15-21(30)9-22(31)25(15,18-11-27-23(28-12-18)16-4-3-7-26-10-16)14-29-13-17-5-6-19(33-2)8-20(17)24(29)32/h3,5-8,10-12,16H,1,4,9,13-14H2,2H3. The summed E-state index contributed by atoms with van der Waals surface area (Å²) in [4.78, 5) is 53.6. The average molecular weight is 442 g/mol. The van der Waals surface area contributed by atoms with Gasteiger partial charge in [-0.2, -0.15) is 0 Å². The van der Waals surface area contributed by atoms with E-state index in [4.69, 9.17) is 4.74 Å². The maximum absolute atomic E-state index is 13.2. The van der Waals surface area contributed by atoms with Crippen LogP contribution >= 0.6 is 0 Å². The molecule has 5 rings (SSSR count). The van der Waals surface area contributed by atoms with Crippen LogP contribution in [0.15, 0.2) is 60.0 Å². The second kappa shape index (κ2) is 7.88. The summed E-state index contributed by atoms with van der Waals surface area (Å²) in [5.41, 5.74) is 0.652. The molecule has 3 aliphatic rings. The normalized spacial score (nSPS) is 24.0. The van der Waals surface area contributed by atoms with Gasteiger partial charge in [-0.15, -0.1) is 0 Å². The number of methoxy groups -OCH3 is 1. The number of nitrogens with zero attached hydrogens (tertiary/aromatic N) is 4. The lowest BCUT2D eigenvalue weighted by Gasteiger charge is -2.32. The molecule has 33 heavy (non-hydrogen) atoms. The Morgan fingerprint density at radius 3 is 2.64 bits per heavy atom. The fourth-order valence-electron chi connectivity index (χ4n) is 4.71. The SMILES string of the molecule is C=C1C(=O)CC(=O)C1(CN1Cc2ccc(OC)cc2C1=O)c1cnc(C2C=NC=CC2)nc1. The maximum atomic E-state index is 13.2. The molecule has 0 N–H and O–H groups in total. The van der Waals surface area contributed by atoms with E-state index < -0.39 is 5.41 Å². The first-order valence-electron chi connectivity index (χ1n) is 10.7. The van der Waals surface area contributed by atoms with Gasteiger partial charge in [-0.25, -0.2) is 9.97 Å². The highest BCUT2D eigenvalue weighted by molar-refractivity contribution is 6.23. The molecule has 2 aromatic rings. The molecular weight excluding hydrogens is 420 g/mol. The first-order valence-corrected chi connectivity index (χ1v) is 10.7. The maximum Gasteiger partial charge on any atom is 0.254 e. The molecule has 8 nitrogen and oxygen atoms in total. The number of aromatic nitrogens is 2. The van der Waals surface area contributed by atoms with Crippen molar-refractivity contribution < 1.29 is 19.1 Å². The van der Waals surface area contributed by atoms with Gasteiger partial charge in [-0.1, -0.05) is 18.7 Å². The van der Waals surface area contributed by atoms with Gasteiger partial charge in [0, 0.05) is 54.6 Å². The van der Waals surface area contributed by atoms with E-state index in [0.29, 0.717) is 29.2 Å². The van der Waals surface area contributed by atoms with Crippen molar-refractivity contribution in [1.29, 1.82) is 0 Å². The van der Waals surface area contributed by atoms with Crippen LogP contribution in [-0.4, -0.2) is 52.2 Å². The number of hydrogen-bond donors (Lipinski definition) is 0. The van der Waals surface area contributed by atoms with Crippen molar-refractivity contribution in [3.05, 3.63) is 77.5 Å². The van der Waals surface area contributed by atoms with Gasteiger partial charge < -0.3 is 9.64 Å². The number of fused-ring (bicyclic) bond motifs is 1.